The highest BCUT2D eigenvalue weighted by atomic mass is 32.2. The number of carbonyl (C=O) groups excluding carboxylic acids is 1. The second kappa shape index (κ2) is 8.75. The number of unbranched alkanes of at least 4 members (excludes halogenated alkanes) is 2. The summed E-state index contributed by atoms with van der Waals surface area (Å²) in [5.74, 6) is -0.0233. The summed E-state index contributed by atoms with van der Waals surface area (Å²) in [5, 5.41) is 8.71. The molecule has 26 heavy (non-hydrogen) atoms. The summed E-state index contributed by atoms with van der Waals surface area (Å²) in [5.41, 5.74) is 1.34. The fourth-order valence-electron chi connectivity index (χ4n) is 2.50. The summed E-state index contributed by atoms with van der Waals surface area (Å²) in [6, 6.07) is 6.03. The van der Waals surface area contributed by atoms with Crippen LogP contribution in [0.1, 0.15) is 26.2 Å². The molecule has 0 atom stereocenters. The molecule has 3 aromatic rings. The minimum absolute atomic E-state index is 0.0104. The van der Waals surface area contributed by atoms with E-state index >= 15 is 0 Å². The molecule has 0 saturated carbocycles. The van der Waals surface area contributed by atoms with Gasteiger partial charge in [0.2, 0.25) is 5.91 Å². The number of rotatable bonds is 8. The van der Waals surface area contributed by atoms with Crippen LogP contribution in [0.5, 0.6) is 0 Å². The fraction of sp³-hybridized carbons (Fsp3) is 0.333. The van der Waals surface area contributed by atoms with E-state index in [2.05, 4.69) is 27.3 Å². The Labute approximate surface area is 155 Å². The number of hydrogen-bond donors (Lipinski definition) is 1. The van der Waals surface area contributed by atoms with Gasteiger partial charge in [0.25, 0.3) is 0 Å². The Morgan fingerprint density at radius 2 is 2.04 bits per heavy atom. The first kappa shape index (κ1) is 18.3. The molecule has 8 heteroatoms. The van der Waals surface area contributed by atoms with Gasteiger partial charge in [-0.1, -0.05) is 31.5 Å². The second-order valence-electron chi connectivity index (χ2n) is 5.79. The molecule has 2 aromatic heterocycles. The van der Waals surface area contributed by atoms with Crippen molar-refractivity contribution in [3.05, 3.63) is 42.6 Å². The largest absolute Gasteiger partial charge is 0.355 e. The van der Waals surface area contributed by atoms with Gasteiger partial charge in [-0.25, -0.2) is 19.0 Å². The van der Waals surface area contributed by atoms with Gasteiger partial charge in [0, 0.05) is 6.54 Å². The Kier molecular flexibility index (Phi) is 6.17. The molecule has 0 fully saturated rings. The monoisotopic (exact) mass is 373 g/mol. The summed E-state index contributed by atoms with van der Waals surface area (Å²) in [6.07, 6.45) is 6.35. The minimum atomic E-state index is -0.305. The van der Waals surface area contributed by atoms with Crippen LogP contribution >= 0.6 is 11.8 Å². The number of amides is 1. The molecule has 1 amide bonds. The molecule has 3 rings (SSSR count). The maximum atomic E-state index is 13.1. The van der Waals surface area contributed by atoms with E-state index < -0.39 is 0 Å². The van der Waals surface area contributed by atoms with Crippen molar-refractivity contribution in [1.29, 1.82) is 0 Å². The zero-order valence-electron chi connectivity index (χ0n) is 14.5. The van der Waals surface area contributed by atoms with Gasteiger partial charge in [-0.3, -0.25) is 4.79 Å². The highest BCUT2D eigenvalue weighted by Gasteiger charge is 2.13. The Hall–Kier alpha value is -2.48. The third-order valence-electron chi connectivity index (χ3n) is 3.84. The zero-order valence-corrected chi connectivity index (χ0v) is 15.3. The molecule has 2 heterocycles. The molecule has 0 aliphatic rings. The smallest absolute Gasteiger partial charge is 0.230 e. The van der Waals surface area contributed by atoms with Crippen LogP contribution in [0.15, 0.2) is 41.8 Å². The van der Waals surface area contributed by atoms with Crippen molar-refractivity contribution in [3.8, 4) is 5.69 Å². The number of carbonyl (C=O) groups is 1. The molecule has 1 aromatic carbocycles. The quantitative estimate of drug-likeness (QED) is 0.372. The van der Waals surface area contributed by atoms with Crippen molar-refractivity contribution in [2.45, 2.75) is 31.2 Å². The topological polar surface area (TPSA) is 72.7 Å². The zero-order chi connectivity index (χ0) is 18.4. The van der Waals surface area contributed by atoms with Gasteiger partial charge in [0.05, 0.1) is 23.0 Å². The maximum absolute atomic E-state index is 13.1. The van der Waals surface area contributed by atoms with Gasteiger partial charge in [-0.05, 0) is 30.7 Å². The first-order valence-electron chi connectivity index (χ1n) is 8.53. The van der Waals surface area contributed by atoms with Crippen LogP contribution in [0.2, 0.25) is 0 Å². The van der Waals surface area contributed by atoms with E-state index in [1.54, 1.807) is 23.0 Å². The SMILES string of the molecule is CCCCCNC(=O)CSc1ncnc2c1cnn2-c1ccc(F)cc1. The lowest BCUT2D eigenvalue weighted by Gasteiger charge is -2.05. The third kappa shape index (κ3) is 4.37. The average Bonchev–Trinajstić information content (AvgIpc) is 3.09. The maximum Gasteiger partial charge on any atom is 0.230 e. The van der Waals surface area contributed by atoms with Crippen molar-refractivity contribution in [1.82, 2.24) is 25.1 Å². The van der Waals surface area contributed by atoms with Gasteiger partial charge < -0.3 is 5.32 Å². The van der Waals surface area contributed by atoms with Gasteiger partial charge in [-0.15, -0.1) is 0 Å². The van der Waals surface area contributed by atoms with Crippen LogP contribution in [-0.2, 0) is 4.79 Å². The summed E-state index contributed by atoms with van der Waals surface area (Å²) in [7, 11) is 0. The summed E-state index contributed by atoms with van der Waals surface area (Å²) in [4.78, 5) is 20.5. The van der Waals surface area contributed by atoms with Crippen molar-refractivity contribution in [2.24, 2.45) is 0 Å². The molecule has 6 nitrogen and oxygen atoms in total. The molecule has 0 saturated heterocycles. The molecule has 0 spiro atoms. The van der Waals surface area contributed by atoms with Crippen LogP contribution in [0.3, 0.4) is 0 Å². The Morgan fingerprint density at radius 3 is 2.81 bits per heavy atom. The van der Waals surface area contributed by atoms with Crippen LogP contribution in [0.4, 0.5) is 4.39 Å². The lowest BCUT2D eigenvalue weighted by atomic mass is 10.2. The van der Waals surface area contributed by atoms with E-state index in [-0.39, 0.29) is 11.7 Å². The van der Waals surface area contributed by atoms with E-state index in [1.807, 2.05) is 0 Å². The van der Waals surface area contributed by atoms with Gasteiger partial charge in [-0.2, -0.15) is 5.10 Å². The summed E-state index contributed by atoms with van der Waals surface area (Å²) >= 11 is 1.36. The van der Waals surface area contributed by atoms with Crippen molar-refractivity contribution >= 4 is 28.7 Å². The Balaban J connectivity index is 1.70. The molecule has 0 aliphatic heterocycles. The fourth-order valence-corrected chi connectivity index (χ4v) is 3.29. The number of benzene rings is 1. The average molecular weight is 373 g/mol. The molecule has 1 N–H and O–H groups in total. The standard InChI is InChI=1S/C18H20FN5OS/c1-2-3-4-9-20-16(25)11-26-18-15-10-23-24(17(15)21-12-22-18)14-7-5-13(19)6-8-14/h5-8,10,12H,2-4,9,11H2,1H3,(H,20,25). The molecule has 0 bridgehead atoms. The van der Waals surface area contributed by atoms with Gasteiger partial charge in [0.1, 0.15) is 17.2 Å². The molecular weight excluding hydrogens is 353 g/mol. The number of nitrogens with zero attached hydrogens (tertiary/aromatic N) is 4. The highest BCUT2D eigenvalue weighted by molar-refractivity contribution is 8.00. The first-order valence-corrected chi connectivity index (χ1v) is 9.51. The number of thioether (sulfide) groups is 1. The molecule has 0 unspecified atom stereocenters. The number of aromatic nitrogens is 4. The summed E-state index contributed by atoms with van der Waals surface area (Å²) < 4.78 is 14.7. The van der Waals surface area contributed by atoms with Crippen LogP contribution in [-0.4, -0.2) is 38.0 Å². The number of fused-ring (bicyclic) bond motifs is 1. The number of nitrogens with one attached hydrogen (secondary N) is 1. The first-order chi connectivity index (χ1) is 12.7. The van der Waals surface area contributed by atoms with E-state index in [1.165, 1.54) is 30.2 Å². The lowest BCUT2D eigenvalue weighted by molar-refractivity contribution is -0.118. The van der Waals surface area contributed by atoms with Gasteiger partial charge in [0.15, 0.2) is 5.65 Å². The van der Waals surface area contributed by atoms with Crippen molar-refractivity contribution in [2.75, 3.05) is 12.3 Å². The van der Waals surface area contributed by atoms with Gasteiger partial charge >= 0.3 is 0 Å². The number of halogens is 1. The third-order valence-corrected chi connectivity index (χ3v) is 4.85. The van der Waals surface area contributed by atoms with E-state index in [0.29, 0.717) is 28.7 Å². The second-order valence-corrected chi connectivity index (χ2v) is 6.76. The van der Waals surface area contributed by atoms with E-state index in [4.69, 9.17) is 0 Å². The highest BCUT2D eigenvalue weighted by Crippen LogP contribution is 2.25. The molecule has 0 radical (unpaired) electrons. The van der Waals surface area contributed by atoms with E-state index in [9.17, 15) is 9.18 Å². The molecule has 136 valence electrons. The molecular formula is C18H20FN5OS. The van der Waals surface area contributed by atoms with Crippen molar-refractivity contribution < 1.29 is 9.18 Å². The predicted molar refractivity (Wildman–Crippen MR) is 99.9 cm³/mol. The van der Waals surface area contributed by atoms with Crippen LogP contribution in [0.25, 0.3) is 16.7 Å². The molecule has 0 aliphatic carbocycles. The van der Waals surface area contributed by atoms with Crippen LogP contribution < -0.4 is 5.32 Å². The predicted octanol–water partition coefficient (Wildman–Crippen LogP) is 3.35. The Morgan fingerprint density at radius 1 is 1.23 bits per heavy atom. The van der Waals surface area contributed by atoms with E-state index in [0.717, 1.165) is 24.6 Å². The normalized spacial score (nSPS) is 11.0. The van der Waals surface area contributed by atoms with Crippen LogP contribution in [0, 0.1) is 5.82 Å². The minimum Gasteiger partial charge on any atom is -0.355 e. The summed E-state index contributed by atoms with van der Waals surface area (Å²) in [6.45, 7) is 2.83. The Bertz CT molecular complexity index is 881. The van der Waals surface area contributed by atoms with Crippen molar-refractivity contribution in [3.63, 3.8) is 0 Å². The lowest BCUT2D eigenvalue weighted by Crippen LogP contribution is -2.26. The number of hydrogen-bond acceptors (Lipinski definition) is 5.